The first-order valence-electron chi connectivity index (χ1n) is 3.54. The average molecular weight is 161 g/mol. The van der Waals surface area contributed by atoms with E-state index in [2.05, 4.69) is 11.8 Å². The van der Waals surface area contributed by atoms with Crippen LogP contribution in [0.3, 0.4) is 0 Å². The van der Waals surface area contributed by atoms with E-state index >= 15 is 0 Å². The Morgan fingerprint density at radius 3 is 2.40 bits per heavy atom. The van der Waals surface area contributed by atoms with Gasteiger partial charge in [0.1, 0.15) is 0 Å². The summed E-state index contributed by atoms with van der Waals surface area (Å²) in [7, 11) is 0. The summed E-state index contributed by atoms with van der Waals surface area (Å²) in [6.07, 6.45) is 3.62. The summed E-state index contributed by atoms with van der Waals surface area (Å²) in [5, 5.41) is 8.35. The summed E-state index contributed by atoms with van der Waals surface area (Å²) in [4.78, 5) is 0. The normalized spacial score (nSPS) is 8.60. The minimum Gasteiger partial charge on any atom is -0.395 e. The van der Waals surface area contributed by atoms with E-state index in [1.807, 2.05) is 0 Å². The zero-order valence-corrected chi connectivity index (χ0v) is 6.82. The van der Waals surface area contributed by atoms with Gasteiger partial charge in [0.2, 0.25) is 0 Å². The molecular weight excluding hydrogens is 148 g/mol. The third-order valence-corrected chi connectivity index (χ3v) is 1.31. The Morgan fingerprint density at radius 2 is 1.80 bits per heavy atom. The molecule has 0 unspecified atom stereocenters. The van der Waals surface area contributed by atoms with Crippen molar-refractivity contribution in [1.29, 1.82) is 0 Å². The fraction of sp³-hybridized carbons (Fsp3) is 0.750. The number of halogens is 1. The lowest BCUT2D eigenvalue weighted by Gasteiger charge is -1.86. The number of alkyl halides is 1. The third kappa shape index (κ3) is 7.81. The van der Waals surface area contributed by atoms with Gasteiger partial charge in [-0.25, -0.2) is 0 Å². The second-order valence-corrected chi connectivity index (χ2v) is 2.35. The molecule has 0 atom stereocenters. The smallest absolute Gasteiger partial charge is 0.0540 e. The predicted octanol–water partition coefficient (Wildman–Crippen LogP) is 1.78. The molecule has 0 aliphatic carbocycles. The van der Waals surface area contributed by atoms with Crippen molar-refractivity contribution in [3.63, 3.8) is 0 Å². The number of unbranched alkanes of at least 4 members (excludes halogenated alkanes) is 2. The lowest BCUT2D eigenvalue weighted by atomic mass is 10.2. The van der Waals surface area contributed by atoms with E-state index in [0.717, 1.165) is 25.1 Å². The van der Waals surface area contributed by atoms with Crippen LogP contribution in [0.1, 0.15) is 25.7 Å². The fourth-order valence-electron chi connectivity index (χ4n) is 0.541. The molecule has 0 heterocycles. The van der Waals surface area contributed by atoms with Crippen LogP contribution in [0, 0.1) is 11.8 Å². The van der Waals surface area contributed by atoms with Gasteiger partial charge in [0.25, 0.3) is 0 Å². The zero-order chi connectivity index (χ0) is 7.66. The van der Waals surface area contributed by atoms with E-state index in [4.69, 9.17) is 16.7 Å². The van der Waals surface area contributed by atoms with Crippen molar-refractivity contribution in [2.75, 3.05) is 12.5 Å². The van der Waals surface area contributed by atoms with Crippen LogP contribution in [0.25, 0.3) is 0 Å². The second-order valence-electron chi connectivity index (χ2n) is 1.97. The van der Waals surface area contributed by atoms with E-state index in [1.54, 1.807) is 0 Å². The number of rotatable bonds is 4. The van der Waals surface area contributed by atoms with Crippen LogP contribution < -0.4 is 0 Å². The van der Waals surface area contributed by atoms with E-state index in [9.17, 15) is 0 Å². The molecule has 0 amide bonds. The second kappa shape index (κ2) is 8.81. The van der Waals surface area contributed by atoms with Crippen LogP contribution >= 0.6 is 11.6 Å². The topological polar surface area (TPSA) is 20.2 Å². The van der Waals surface area contributed by atoms with Gasteiger partial charge >= 0.3 is 0 Å². The quantitative estimate of drug-likeness (QED) is 0.378. The fourth-order valence-corrected chi connectivity index (χ4v) is 0.730. The SMILES string of the molecule is OCCC#CCCCCCl. The first-order valence-corrected chi connectivity index (χ1v) is 4.08. The van der Waals surface area contributed by atoms with Gasteiger partial charge in [-0.05, 0) is 12.8 Å². The van der Waals surface area contributed by atoms with E-state index in [1.165, 1.54) is 0 Å². The summed E-state index contributed by atoms with van der Waals surface area (Å²) in [6, 6.07) is 0. The van der Waals surface area contributed by atoms with Crippen LogP contribution in [-0.4, -0.2) is 17.6 Å². The molecule has 0 rings (SSSR count). The Labute approximate surface area is 67.4 Å². The predicted molar refractivity (Wildman–Crippen MR) is 44.0 cm³/mol. The third-order valence-electron chi connectivity index (χ3n) is 1.05. The Hall–Kier alpha value is -0.190. The maximum Gasteiger partial charge on any atom is 0.0540 e. The van der Waals surface area contributed by atoms with Crippen LogP contribution in [0.5, 0.6) is 0 Å². The average Bonchev–Trinajstić information content (AvgIpc) is 1.97. The van der Waals surface area contributed by atoms with Gasteiger partial charge in [-0.15, -0.1) is 23.4 Å². The highest BCUT2D eigenvalue weighted by Gasteiger charge is 1.80. The summed E-state index contributed by atoms with van der Waals surface area (Å²) in [5.74, 6) is 6.53. The minimum absolute atomic E-state index is 0.169. The molecule has 0 radical (unpaired) electrons. The van der Waals surface area contributed by atoms with Gasteiger partial charge in [0, 0.05) is 18.7 Å². The Balaban J connectivity index is 2.96. The van der Waals surface area contributed by atoms with E-state index in [-0.39, 0.29) is 6.61 Å². The molecule has 0 aromatic heterocycles. The van der Waals surface area contributed by atoms with Gasteiger partial charge < -0.3 is 5.11 Å². The maximum absolute atomic E-state index is 8.35. The molecule has 0 aromatic carbocycles. The van der Waals surface area contributed by atoms with Crippen LogP contribution in [0.4, 0.5) is 0 Å². The maximum atomic E-state index is 8.35. The number of hydrogen-bond donors (Lipinski definition) is 1. The lowest BCUT2D eigenvalue weighted by molar-refractivity contribution is 0.305. The number of aliphatic hydroxyl groups is 1. The Morgan fingerprint density at radius 1 is 1.10 bits per heavy atom. The zero-order valence-electron chi connectivity index (χ0n) is 6.07. The molecule has 1 nitrogen and oxygen atoms in total. The highest BCUT2D eigenvalue weighted by Crippen LogP contribution is 1.94. The molecular formula is C8H13ClO. The van der Waals surface area contributed by atoms with Crippen molar-refractivity contribution >= 4 is 11.6 Å². The summed E-state index contributed by atoms with van der Waals surface area (Å²) >= 11 is 5.45. The minimum atomic E-state index is 0.169. The van der Waals surface area contributed by atoms with Crippen LogP contribution in [0.2, 0.25) is 0 Å². The Kier molecular flexibility index (Phi) is 8.64. The van der Waals surface area contributed by atoms with Crippen molar-refractivity contribution < 1.29 is 5.11 Å². The molecule has 0 fully saturated rings. The summed E-state index contributed by atoms with van der Waals surface area (Å²) in [6.45, 7) is 0.169. The first-order chi connectivity index (χ1) is 4.91. The summed E-state index contributed by atoms with van der Waals surface area (Å²) < 4.78 is 0. The van der Waals surface area contributed by atoms with Gasteiger partial charge in [-0.2, -0.15) is 0 Å². The molecule has 2 heteroatoms. The molecule has 0 saturated heterocycles. The Bertz CT molecular complexity index is 112. The van der Waals surface area contributed by atoms with E-state index < -0.39 is 0 Å². The highest BCUT2D eigenvalue weighted by atomic mass is 35.5. The lowest BCUT2D eigenvalue weighted by Crippen LogP contribution is -1.77. The van der Waals surface area contributed by atoms with Crippen molar-refractivity contribution in [1.82, 2.24) is 0 Å². The van der Waals surface area contributed by atoms with Gasteiger partial charge in [0.15, 0.2) is 0 Å². The molecule has 1 N–H and O–H groups in total. The molecule has 0 aliphatic heterocycles. The number of hydrogen-bond acceptors (Lipinski definition) is 1. The molecule has 0 spiro atoms. The highest BCUT2D eigenvalue weighted by molar-refractivity contribution is 6.17. The summed E-state index contributed by atoms with van der Waals surface area (Å²) in [5.41, 5.74) is 0. The van der Waals surface area contributed by atoms with Crippen molar-refractivity contribution in [2.45, 2.75) is 25.7 Å². The van der Waals surface area contributed by atoms with Gasteiger partial charge in [-0.3, -0.25) is 0 Å². The monoisotopic (exact) mass is 160 g/mol. The molecule has 0 saturated carbocycles. The van der Waals surface area contributed by atoms with Crippen molar-refractivity contribution in [3.8, 4) is 11.8 Å². The van der Waals surface area contributed by atoms with Crippen LogP contribution in [0.15, 0.2) is 0 Å². The molecule has 0 aliphatic rings. The largest absolute Gasteiger partial charge is 0.395 e. The van der Waals surface area contributed by atoms with Crippen LogP contribution in [-0.2, 0) is 0 Å². The molecule has 58 valence electrons. The van der Waals surface area contributed by atoms with E-state index in [0.29, 0.717) is 6.42 Å². The number of aliphatic hydroxyl groups excluding tert-OH is 1. The van der Waals surface area contributed by atoms with Crippen molar-refractivity contribution in [2.24, 2.45) is 0 Å². The van der Waals surface area contributed by atoms with Crippen molar-refractivity contribution in [3.05, 3.63) is 0 Å². The standard InChI is InChI=1S/C8H13ClO/c9-7-5-3-1-2-4-6-8-10/h10H,1,3,5-8H2. The first kappa shape index (κ1) is 9.81. The van der Waals surface area contributed by atoms with Gasteiger partial charge in [0.05, 0.1) is 6.61 Å². The molecule has 10 heavy (non-hydrogen) atoms. The van der Waals surface area contributed by atoms with Gasteiger partial charge in [-0.1, -0.05) is 0 Å². The molecule has 0 bridgehead atoms. The molecule has 0 aromatic rings.